The summed E-state index contributed by atoms with van der Waals surface area (Å²) in [6.45, 7) is 5.45. The van der Waals surface area contributed by atoms with Gasteiger partial charge in [0.05, 0.1) is 0 Å². The zero-order chi connectivity index (χ0) is 14.3. The summed E-state index contributed by atoms with van der Waals surface area (Å²) in [7, 11) is 0. The van der Waals surface area contributed by atoms with E-state index in [1.165, 1.54) is 5.52 Å². The Labute approximate surface area is 117 Å². The summed E-state index contributed by atoms with van der Waals surface area (Å²) in [4.78, 5) is 24.8. The molecule has 1 saturated heterocycles. The van der Waals surface area contributed by atoms with Gasteiger partial charge in [-0.2, -0.15) is 0 Å². The maximum absolute atomic E-state index is 11.9. The topological polar surface area (TPSA) is 54.3 Å². The highest BCUT2D eigenvalue weighted by Crippen LogP contribution is 2.28. The quantitative estimate of drug-likeness (QED) is 0.912. The molecule has 0 saturated carbocycles. The summed E-state index contributed by atoms with van der Waals surface area (Å²) in [6, 6.07) is 5.83. The first-order valence-corrected chi connectivity index (χ1v) is 6.81. The van der Waals surface area contributed by atoms with Crippen molar-refractivity contribution in [3.8, 4) is 0 Å². The van der Waals surface area contributed by atoms with Crippen LogP contribution in [-0.4, -0.2) is 23.1 Å². The first-order chi connectivity index (χ1) is 9.60. The van der Waals surface area contributed by atoms with Crippen molar-refractivity contribution in [3.05, 3.63) is 30.0 Å². The van der Waals surface area contributed by atoms with Gasteiger partial charge in [-0.3, -0.25) is 15.0 Å². The van der Waals surface area contributed by atoms with Crippen molar-refractivity contribution in [1.29, 1.82) is 0 Å². The highest BCUT2D eigenvalue weighted by molar-refractivity contribution is 6.06. The second-order valence-corrected chi connectivity index (χ2v) is 5.05. The lowest BCUT2D eigenvalue weighted by atomic mass is 10.1. The first-order valence-electron chi connectivity index (χ1n) is 6.81. The van der Waals surface area contributed by atoms with Crippen LogP contribution in [0.15, 0.2) is 24.4 Å². The summed E-state index contributed by atoms with van der Waals surface area (Å²) < 4.78 is 2.17. The number of urea groups is 1. The van der Waals surface area contributed by atoms with Gasteiger partial charge in [-0.25, -0.2) is 4.79 Å². The molecular weight excluding hydrogens is 254 g/mol. The lowest BCUT2D eigenvalue weighted by Gasteiger charge is -2.28. The van der Waals surface area contributed by atoms with E-state index < -0.39 is 0 Å². The number of fused-ring (bicyclic) bond motifs is 1. The van der Waals surface area contributed by atoms with E-state index in [2.05, 4.69) is 28.9 Å². The van der Waals surface area contributed by atoms with Gasteiger partial charge in [0.2, 0.25) is 5.91 Å². The standard InChI is InChI=1S/C15H17N3O2/c1-3-17-6-4-11-9-12(10(2)8-13(11)17)18-7-5-14(19)16-15(18)20/h4,6,8-9H,3,5,7H2,1-2H3,(H,16,19,20). The Morgan fingerprint density at radius 1 is 1.30 bits per heavy atom. The molecule has 104 valence electrons. The molecule has 1 N–H and O–H groups in total. The summed E-state index contributed by atoms with van der Waals surface area (Å²) in [5.41, 5.74) is 3.08. The minimum atomic E-state index is -0.335. The number of nitrogens with one attached hydrogen (secondary N) is 1. The number of aromatic nitrogens is 1. The number of carbonyl (C=O) groups excluding carboxylic acids is 2. The van der Waals surface area contributed by atoms with Gasteiger partial charge >= 0.3 is 6.03 Å². The summed E-state index contributed by atoms with van der Waals surface area (Å²) in [5, 5.41) is 3.47. The van der Waals surface area contributed by atoms with Crippen molar-refractivity contribution >= 4 is 28.5 Å². The van der Waals surface area contributed by atoms with Crippen molar-refractivity contribution in [3.63, 3.8) is 0 Å². The molecule has 0 radical (unpaired) electrons. The molecule has 3 amide bonds. The van der Waals surface area contributed by atoms with Gasteiger partial charge in [-0.05, 0) is 37.6 Å². The summed E-state index contributed by atoms with van der Waals surface area (Å²) in [5.74, 6) is -0.206. The minimum absolute atomic E-state index is 0.206. The van der Waals surface area contributed by atoms with Crippen LogP contribution >= 0.6 is 0 Å². The number of hydrogen-bond donors (Lipinski definition) is 1. The molecule has 3 rings (SSSR count). The van der Waals surface area contributed by atoms with Crippen LogP contribution in [0.3, 0.4) is 0 Å². The molecule has 1 aliphatic heterocycles. The molecule has 2 heterocycles. The van der Waals surface area contributed by atoms with Crippen LogP contribution in [0.2, 0.25) is 0 Å². The SMILES string of the molecule is CCn1ccc2cc(N3CCC(=O)NC3=O)c(C)cc21. The van der Waals surface area contributed by atoms with Crippen LogP contribution in [0.5, 0.6) is 0 Å². The second kappa shape index (κ2) is 4.67. The molecule has 5 nitrogen and oxygen atoms in total. The molecule has 1 aliphatic rings. The zero-order valence-electron chi connectivity index (χ0n) is 11.6. The third-order valence-electron chi connectivity index (χ3n) is 3.77. The molecule has 0 atom stereocenters. The summed E-state index contributed by atoms with van der Waals surface area (Å²) in [6.07, 6.45) is 2.40. The highest BCUT2D eigenvalue weighted by atomic mass is 16.2. The largest absolute Gasteiger partial charge is 0.348 e. The van der Waals surface area contributed by atoms with E-state index in [1.54, 1.807) is 4.90 Å². The molecule has 2 aromatic rings. The molecule has 1 aromatic carbocycles. The number of amides is 3. The Bertz CT molecular complexity index is 702. The Hall–Kier alpha value is -2.30. The Morgan fingerprint density at radius 3 is 2.80 bits per heavy atom. The molecule has 5 heteroatoms. The van der Waals surface area contributed by atoms with E-state index in [9.17, 15) is 9.59 Å². The van der Waals surface area contributed by atoms with Gasteiger partial charge in [-0.15, -0.1) is 0 Å². The van der Waals surface area contributed by atoms with E-state index in [-0.39, 0.29) is 11.9 Å². The number of rotatable bonds is 2. The molecular formula is C15H17N3O2. The fourth-order valence-corrected chi connectivity index (χ4v) is 2.69. The van der Waals surface area contributed by atoms with Gasteiger partial charge in [-0.1, -0.05) is 0 Å². The fraction of sp³-hybridized carbons (Fsp3) is 0.333. The van der Waals surface area contributed by atoms with Crippen molar-refractivity contribution in [2.45, 2.75) is 26.8 Å². The van der Waals surface area contributed by atoms with E-state index in [4.69, 9.17) is 0 Å². The number of imide groups is 1. The van der Waals surface area contributed by atoms with E-state index in [1.807, 2.05) is 19.2 Å². The normalized spacial score (nSPS) is 15.8. The lowest BCUT2D eigenvalue weighted by Crippen LogP contribution is -2.49. The van der Waals surface area contributed by atoms with Crippen LogP contribution in [-0.2, 0) is 11.3 Å². The van der Waals surface area contributed by atoms with Gasteiger partial charge < -0.3 is 4.57 Å². The number of benzene rings is 1. The molecule has 1 aromatic heterocycles. The molecule has 1 fully saturated rings. The van der Waals surface area contributed by atoms with Gasteiger partial charge in [0, 0.05) is 42.3 Å². The van der Waals surface area contributed by atoms with Crippen molar-refractivity contribution in [2.75, 3.05) is 11.4 Å². The number of carbonyl (C=O) groups is 2. The second-order valence-electron chi connectivity index (χ2n) is 5.05. The van der Waals surface area contributed by atoms with Crippen molar-refractivity contribution in [1.82, 2.24) is 9.88 Å². The average Bonchev–Trinajstić information content (AvgIpc) is 2.80. The van der Waals surface area contributed by atoms with Crippen molar-refractivity contribution in [2.24, 2.45) is 0 Å². The van der Waals surface area contributed by atoms with Crippen LogP contribution < -0.4 is 10.2 Å². The third kappa shape index (κ3) is 1.95. The molecule has 0 unspecified atom stereocenters. The molecule has 0 aliphatic carbocycles. The number of anilines is 1. The van der Waals surface area contributed by atoms with Crippen molar-refractivity contribution < 1.29 is 9.59 Å². The van der Waals surface area contributed by atoms with Gasteiger partial charge in [0.1, 0.15) is 0 Å². The Morgan fingerprint density at radius 2 is 2.10 bits per heavy atom. The molecule has 0 bridgehead atoms. The van der Waals surface area contributed by atoms with Crippen LogP contribution in [0.25, 0.3) is 10.9 Å². The maximum Gasteiger partial charge on any atom is 0.328 e. The minimum Gasteiger partial charge on any atom is -0.348 e. The van der Waals surface area contributed by atoms with Crippen LogP contribution in [0.4, 0.5) is 10.5 Å². The van der Waals surface area contributed by atoms with Crippen LogP contribution in [0, 0.1) is 6.92 Å². The Balaban J connectivity index is 2.05. The zero-order valence-corrected chi connectivity index (χ0v) is 11.6. The summed E-state index contributed by atoms with van der Waals surface area (Å²) >= 11 is 0. The van der Waals surface area contributed by atoms with E-state index >= 15 is 0 Å². The predicted octanol–water partition coefficient (Wildman–Crippen LogP) is 2.42. The fourth-order valence-electron chi connectivity index (χ4n) is 2.69. The smallest absolute Gasteiger partial charge is 0.328 e. The lowest BCUT2D eigenvalue weighted by molar-refractivity contribution is -0.120. The van der Waals surface area contributed by atoms with Crippen LogP contribution in [0.1, 0.15) is 18.9 Å². The Kier molecular flexibility index (Phi) is 2.97. The monoisotopic (exact) mass is 271 g/mol. The number of hydrogen-bond acceptors (Lipinski definition) is 2. The highest BCUT2D eigenvalue weighted by Gasteiger charge is 2.25. The van der Waals surface area contributed by atoms with Gasteiger partial charge in [0.25, 0.3) is 0 Å². The number of aryl methyl sites for hydroxylation is 2. The molecule has 0 spiro atoms. The first kappa shape index (κ1) is 12.7. The maximum atomic E-state index is 11.9. The van der Waals surface area contributed by atoms with E-state index in [0.29, 0.717) is 13.0 Å². The average molecular weight is 271 g/mol. The van der Waals surface area contributed by atoms with E-state index in [0.717, 1.165) is 23.2 Å². The molecule has 20 heavy (non-hydrogen) atoms. The van der Waals surface area contributed by atoms with Gasteiger partial charge in [0.15, 0.2) is 0 Å². The number of nitrogens with zero attached hydrogens (tertiary/aromatic N) is 2. The third-order valence-corrected chi connectivity index (χ3v) is 3.77. The predicted molar refractivity (Wildman–Crippen MR) is 77.9 cm³/mol.